The first kappa shape index (κ1) is 27.6. The van der Waals surface area contributed by atoms with Crippen molar-refractivity contribution in [2.24, 2.45) is 0 Å². The van der Waals surface area contributed by atoms with Gasteiger partial charge in [0.15, 0.2) is 0 Å². The molecule has 0 saturated carbocycles. The zero-order valence-corrected chi connectivity index (χ0v) is 20.6. The van der Waals surface area contributed by atoms with Crippen molar-refractivity contribution in [3.05, 3.63) is 123 Å². The largest absolute Gasteiger partial charge is 0.419 e. The number of nitriles is 2. The summed E-state index contributed by atoms with van der Waals surface area (Å²) >= 11 is 0. The summed E-state index contributed by atoms with van der Waals surface area (Å²) < 4.78 is 107. The molecule has 0 radical (unpaired) electrons. The lowest BCUT2D eigenvalue weighted by Crippen LogP contribution is -2.10. The van der Waals surface area contributed by atoms with E-state index in [4.69, 9.17) is 0 Å². The maximum absolute atomic E-state index is 14.3. The van der Waals surface area contributed by atoms with Crippen molar-refractivity contribution in [1.82, 2.24) is 0 Å². The van der Waals surface area contributed by atoms with E-state index in [0.29, 0.717) is 51.9 Å². The Kier molecular flexibility index (Phi) is 6.66. The molecular formula is C31H14F8N2. The van der Waals surface area contributed by atoms with Gasteiger partial charge < -0.3 is 0 Å². The molecule has 4 aromatic rings. The minimum Gasteiger partial charge on any atom is -0.206 e. The molecule has 0 bridgehead atoms. The predicted molar refractivity (Wildman–Crippen MR) is 134 cm³/mol. The summed E-state index contributed by atoms with van der Waals surface area (Å²) in [5.41, 5.74) is 0.152. The Morgan fingerprint density at radius 2 is 0.927 bits per heavy atom. The van der Waals surface area contributed by atoms with Crippen molar-refractivity contribution in [3.63, 3.8) is 0 Å². The summed E-state index contributed by atoms with van der Waals surface area (Å²) in [5, 5.41) is 19.5. The third-order valence-corrected chi connectivity index (χ3v) is 6.83. The Morgan fingerprint density at radius 1 is 0.561 bits per heavy atom. The van der Waals surface area contributed by atoms with Gasteiger partial charge in [0.25, 0.3) is 0 Å². The zero-order chi connectivity index (χ0) is 29.7. The summed E-state index contributed by atoms with van der Waals surface area (Å²) in [5.74, 6) is -2.92. The first-order valence-corrected chi connectivity index (χ1v) is 11.9. The van der Waals surface area contributed by atoms with Gasteiger partial charge in [0.1, 0.15) is 29.3 Å². The van der Waals surface area contributed by atoms with Gasteiger partial charge in [-0.15, -0.1) is 0 Å². The highest BCUT2D eigenvalue weighted by Gasteiger charge is 2.35. The van der Waals surface area contributed by atoms with Crippen LogP contribution in [0.3, 0.4) is 0 Å². The summed E-state index contributed by atoms with van der Waals surface area (Å²) in [6, 6.07) is 18.2. The summed E-state index contributed by atoms with van der Waals surface area (Å²) in [6.45, 7) is 0. The van der Waals surface area contributed by atoms with Crippen LogP contribution in [0.15, 0.2) is 78.4 Å². The molecule has 2 nitrogen and oxygen atoms in total. The van der Waals surface area contributed by atoms with Crippen molar-refractivity contribution in [1.29, 1.82) is 10.5 Å². The molecule has 1 aliphatic carbocycles. The molecule has 0 amide bonds. The van der Waals surface area contributed by atoms with Crippen molar-refractivity contribution in [3.8, 4) is 34.4 Å². The maximum Gasteiger partial charge on any atom is 0.419 e. The molecule has 0 saturated heterocycles. The van der Waals surface area contributed by atoms with Gasteiger partial charge in [-0.2, -0.15) is 36.9 Å². The first-order chi connectivity index (χ1) is 19.3. The monoisotopic (exact) mass is 566 g/mol. The number of allylic oxidation sites excluding steroid dienone is 1. The molecule has 0 fully saturated rings. The van der Waals surface area contributed by atoms with Gasteiger partial charge in [-0.25, -0.2) is 8.78 Å². The minimum absolute atomic E-state index is 0.132. The van der Waals surface area contributed by atoms with E-state index in [9.17, 15) is 45.6 Å². The van der Waals surface area contributed by atoms with E-state index in [-0.39, 0.29) is 22.3 Å². The van der Waals surface area contributed by atoms with Crippen LogP contribution in [0.2, 0.25) is 0 Å². The molecule has 4 aromatic carbocycles. The van der Waals surface area contributed by atoms with Crippen LogP contribution >= 0.6 is 0 Å². The highest BCUT2D eigenvalue weighted by Crippen LogP contribution is 2.42. The fourth-order valence-electron chi connectivity index (χ4n) is 4.89. The number of halogens is 8. The third-order valence-electron chi connectivity index (χ3n) is 6.83. The second kappa shape index (κ2) is 9.90. The SMILES string of the molecule is N#CC(C#N)=C1c2cc(-c3ccc(C(F)(F)F)c(F)c3)ccc2Cc2ccc(-c3ccc(C(F)(F)F)c(F)c3)cc21. The van der Waals surface area contributed by atoms with Crippen LogP contribution in [0.1, 0.15) is 33.4 Å². The number of hydrogen-bond acceptors (Lipinski definition) is 2. The molecule has 1 aliphatic rings. The lowest BCUT2D eigenvalue weighted by atomic mass is 9.78. The van der Waals surface area contributed by atoms with E-state index < -0.39 is 35.1 Å². The Bertz CT molecular complexity index is 1700. The topological polar surface area (TPSA) is 47.6 Å². The Balaban J connectivity index is 1.65. The molecular weight excluding hydrogens is 552 g/mol. The van der Waals surface area contributed by atoms with Crippen LogP contribution in [0.5, 0.6) is 0 Å². The van der Waals surface area contributed by atoms with Crippen molar-refractivity contribution < 1.29 is 35.1 Å². The lowest BCUT2D eigenvalue weighted by Gasteiger charge is -2.24. The molecule has 204 valence electrons. The van der Waals surface area contributed by atoms with E-state index in [1.54, 1.807) is 24.3 Å². The molecule has 0 unspecified atom stereocenters. The van der Waals surface area contributed by atoms with Gasteiger partial charge in [-0.3, -0.25) is 0 Å². The van der Waals surface area contributed by atoms with Gasteiger partial charge in [0.05, 0.1) is 11.1 Å². The van der Waals surface area contributed by atoms with E-state index >= 15 is 0 Å². The average molecular weight is 566 g/mol. The quantitative estimate of drug-likeness (QED) is 0.158. The smallest absolute Gasteiger partial charge is 0.206 e. The second-order valence-corrected chi connectivity index (χ2v) is 9.28. The fraction of sp³-hybridized carbons (Fsp3) is 0.0968. The molecule has 5 rings (SSSR count). The normalized spacial score (nSPS) is 12.7. The third kappa shape index (κ3) is 5.05. The van der Waals surface area contributed by atoms with Crippen molar-refractivity contribution in [2.75, 3.05) is 0 Å². The zero-order valence-electron chi connectivity index (χ0n) is 20.6. The summed E-state index contributed by atoms with van der Waals surface area (Å²) in [4.78, 5) is 0. The molecule has 10 heteroatoms. The summed E-state index contributed by atoms with van der Waals surface area (Å²) in [6.07, 6.45) is -9.43. The van der Waals surface area contributed by atoms with E-state index in [2.05, 4.69) is 0 Å². The Labute approximate surface area is 228 Å². The minimum atomic E-state index is -4.87. The van der Waals surface area contributed by atoms with Crippen molar-refractivity contribution in [2.45, 2.75) is 18.8 Å². The number of rotatable bonds is 2. The fourth-order valence-corrected chi connectivity index (χ4v) is 4.89. The van der Waals surface area contributed by atoms with E-state index in [0.717, 1.165) is 24.3 Å². The number of fused-ring (bicyclic) bond motifs is 2. The maximum atomic E-state index is 14.3. The second-order valence-electron chi connectivity index (χ2n) is 9.28. The molecule has 0 aliphatic heterocycles. The molecule has 0 atom stereocenters. The highest BCUT2D eigenvalue weighted by atomic mass is 19.4. The number of hydrogen-bond donors (Lipinski definition) is 0. The first-order valence-electron chi connectivity index (χ1n) is 11.9. The Hall–Kier alpha value is -4.96. The molecule has 41 heavy (non-hydrogen) atoms. The van der Waals surface area contributed by atoms with Crippen LogP contribution in [0.25, 0.3) is 27.8 Å². The number of alkyl halides is 6. The van der Waals surface area contributed by atoms with E-state index in [1.807, 2.05) is 12.1 Å². The van der Waals surface area contributed by atoms with Crippen LogP contribution in [-0.2, 0) is 18.8 Å². The molecule has 0 aromatic heterocycles. The number of nitrogens with zero attached hydrogens (tertiary/aromatic N) is 2. The predicted octanol–water partition coefficient (Wildman–Crippen LogP) is 9.09. The van der Waals surface area contributed by atoms with Crippen LogP contribution in [-0.4, -0.2) is 0 Å². The molecule has 0 heterocycles. The van der Waals surface area contributed by atoms with Crippen molar-refractivity contribution >= 4 is 5.57 Å². The molecule has 0 spiro atoms. The van der Waals surface area contributed by atoms with E-state index in [1.165, 1.54) is 12.1 Å². The van der Waals surface area contributed by atoms with Gasteiger partial charge in [0.2, 0.25) is 0 Å². The van der Waals surface area contributed by atoms with Gasteiger partial charge in [-0.1, -0.05) is 36.4 Å². The van der Waals surface area contributed by atoms with Gasteiger partial charge >= 0.3 is 12.4 Å². The van der Waals surface area contributed by atoms with Gasteiger partial charge in [0, 0.05) is 5.57 Å². The van der Waals surface area contributed by atoms with Crippen LogP contribution in [0, 0.1) is 34.3 Å². The standard InChI is InChI=1S/C31H14F8N2/c32-27-12-18(5-7-25(27)30(34,35)36)16-1-3-20-9-21-4-2-17(19-6-8-26(28(33)13-19)31(37,38)39)11-24(21)29(23(20)10-16)22(14-40)15-41/h1-8,10-13H,9H2. The highest BCUT2D eigenvalue weighted by molar-refractivity contribution is 5.93. The van der Waals surface area contributed by atoms with Gasteiger partial charge in [-0.05, 0) is 87.3 Å². The lowest BCUT2D eigenvalue weighted by molar-refractivity contribution is -0.140. The summed E-state index contributed by atoms with van der Waals surface area (Å²) in [7, 11) is 0. The number of benzene rings is 4. The van der Waals surface area contributed by atoms with Crippen LogP contribution < -0.4 is 0 Å². The van der Waals surface area contributed by atoms with Crippen LogP contribution in [0.4, 0.5) is 35.1 Å². The Morgan fingerprint density at radius 3 is 1.27 bits per heavy atom. The average Bonchev–Trinajstić information content (AvgIpc) is 2.91. The molecule has 0 N–H and O–H groups in total.